The van der Waals surface area contributed by atoms with E-state index in [1.165, 1.54) is 18.6 Å². The third kappa shape index (κ3) is 2.95. The van der Waals surface area contributed by atoms with E-state index in [4.69, 9.17) is 17.3 Å². The van der Waals surface area contributed by atoms with Crippen molar-refractivity contribution in [1.82, 2.24) is 25.5 Å². The molecule has 0 saturated carbocycles. The molecule has 4 N–H and O–H groups in total. The van der Waals surface area contributed by atoms with Gasteiger partial charge in [-0.05, 0) is 6.92 Å². The number of halogens is 1. The van der Waals surface area contributed by atoms with Crippen molar-refractivity contribution in [3.8, 4) is 0 Å². The number of carbonyl (C=O) groups is 2. The number of nitrogens with two attached hydrogens (primary N) is 1. The van der Waals surface area contributed by atoms with Crippen LogP contribution in [0.1, 0.15) is 27.9 Å². The molecule has 0 bridgehead atoms. The van der Waals surface area contributed by atoms with E-state index in [2.05, 4.69) is 25.5 Å². The number of aromatic nitrogens is 4. The lowest BCUT2D eigenvalue weighted by atomic mass is 9.92. The van der Waals surface area contributed by atoms with E-state index in [0.29, 0.717) is 23.9 Å². The van der Waals surface area contributed by atoms with E-state index in [0.717, 1.165) is 0 Å². The summed E-state index contributed by atoms with van der Waals surface area (Å²) in [6.45, 7) is 3.00. The van der Waals surface area contributed by atoms with E-state index in [9.17, 15) is 9.59 Å². The molecule has 0 spiro atoms. The number of anilines is 1. The van der Waals surface area contributed by atoms with Gasteiger partial charge in [-0.3, -0.25) is 14.7 Å². The molecule has 10 heteroatoms. The van der Waals surface area contributed by atoms with E-state index < -0.39 is 11.4 Å². The fraction of sp³-hybridized carbons (Fsp3) is 0.308. The van der Waals surface area contributed by atoms with Crippen LogP contribution in [0.5, 0.6) is 0 Å². The van der Waals surface area contributed by atoms with Crippen molar-refractivity contribution in [2.45, 2.75) is 12.5 Å². The molecule has 0 atom stereocenters. The molecule has 23 heavy (non-hydrogen) atoms. The number of rotatable bonds is 4. The highest BCUT2D eigenvalue weighted by Crippen LogP contribution is 2.30. The molecule has 9 nitrogen and oxygen atoms in total. The lowest BCUT2D eigenvalue weighted by molar-refractivity contribution is 0.0883. The Balaban J connectivity index is 1.64. The number of H-pyrrole nitrogens is 1. The van der Waals surface area contributed by atoms with Gasteiger partial charge in [0.15, 0.2) is 11.5 Å². The van der Waals surface area contributed by atoms with Gasteiger partial charge >= 0.3 is 0 Å². The van der Waals surface area contributed by atoms with E-state index in [1.54, 1.807) is 0 Å². The number of nitrogens with zero attached hydrogens (tertiary/aromatic N) is 4. The average Bonchev–Trinajstić information content (AvgIpc) is 2.95. The number of primary amides is 1. The molecule has 0 aliphatic carbocycles. The van der Waals surface area contributed by atoms with Crippen LogP contribution in [0.15, 0.2) is 18.6 Å². The monoisotopic (exact) mass is 335 g/mol. The summed E-state index contributed by atoms with van der Waals surface area (Å²) in [6, 6.07) is 1.32. The lowest BCUT2D eigenvalue weighted by Gasteiger charge is -2.49. The molecule has 1 aliphatic rings. The Bertz CT molecular complexity index is 769. The first-order valence-electron chi connectivity index (χ1n) is 6.76. The van der Waals surface area contributed by atoms with Crippen molar-refractivity contribution in [1.29, 1.82) is 0 Å². The van der Waals surface area contributed by atoms with Gasteiger partial charge in [-0.15, -0.1) is 0 Å². The zero-order valence-electron chi connectivity index (χ0n) is 12.2. The van der Waals surface area contributed by atoms with Crippen molar-refractivity contribution < 1.29 is 9.59 Å². The average molecular weight is 336 g/mol. The summed E-state index contributed by atoms with van der Waals surface area (Å²) in [5.74, 6) is -0.424. The van der Waals surface area contributed by atoms with Crippen LogP contribution in [-0.2, 0) is 0 Å². The molecule has 1 aliphatic heterocycles. The summed E-state index contributed by atoms with van der Waals surface area (Å²) in [4.78, 5) is 33.1. The predicted octanol–water partition coefficient (Wildman–Crippen LogP) is -0.0393. The Morgan fingerprint density at radius 1 is 1.48 bits per heavy atom. The molecule has 2 amide bonds. The van der Waals surface area contributed by atoms with Gasteiger partial charge < -0.3 is 16.0 Å². The predicted molar refractivity (Wildman–Crippen MR) is 82.2 cm³/mol. The Hall–Kier alpha value is -2.68. The normalized spacial score (nSPS) is 15.8. The SMILES string of the molecule is CC1(NC(=O)c2cc(C(N)=O)n[nH]2)CN(c2ncncc2Cl)C1. The summed E-state index contributed by atoms with van der Waals surface area (Å²) in [7, 11) is 0. The van der Waals surface area contributed by atoms with E-state index >= 15 is 0 Å². The quantitative estimate of drug-likeness (QED) is 0.718. The molecule has 1 fully saturated rings. The van der Waals surface area contributed by atoms with Crippen LogP contribution in [0.4, 0.5) is 5.82 Å². The first-order valence-corrected chi connectivity index (χ1v) is 7.14. The van der Waals surface area contributed by atoms with E-state index in [-0.39, 0.29) is 17.3 Å². The minimum absolute atomic E-state index is 0.0170. The summed E-state index contributed by atoms with van der Waals surface area (Å²) in [5.41, 5.74) is 4.86. The largest absolute Gasteiger partial charge is 0.364 e. The maximum Gasteiger partial charge on any atom is 0.269 e. The molecule has 2 aromatic rings. The molecule has 1 saturated heterocycles. The Kier molecular flexibility index (Phi) is 3.64. The Labute approximate surface area is 136 Å². The third-order valence-corrected chi connectivity index (χ3v) is 3.78. The minimum Gasteiger partial charge on any atom is -0.364 e. The number of amides is 2. The van der Waals surface area contributed by atoms with Gasteiger partial charge in [-0.2, -0.15) is 5.10 Å². The minimum atomic E-state index is -0.695. The smallest absolute Gasteiger partial charge is 0.269 e. The van der Waals surface area contributed by atoms with Crippen molar-refractivity contribution >= 4 is 29.2 Å². The fourth-order valence-corrected chi connectivity index (χ4v) is 2.69. The Morgan fingerprint density at radius 3 is 2.83 bits per heavy atom. The van der Waals surface area contributed by atoms with Crippen LogP contribution in [0.25, 0.3) is 0 Å². The molecular weight excluding hydrogens is 322 g/mol. The number of nitrogens with one attached hydrogen (secondary N) is 2. The van der Waals surface area contributed by atoms with Crippen LogP contribution >= 0.6 is 11.6 Å². The summed E-state index contributed by atoms with van der Waals surface area (Å²) in [5, 5.41) is 9.52. The second-order valence-electron chi connectivity index (χ2n) is 5.60. The van der Waals surface area contributed by atoms with Crippen molar-refractivity contribution in [2.75, 3.05) is 18.0 Å². The maximum absolute atomic E-state index is 12.2. The summed E-state index contributed by atoms with van der Waals surface area (Å²) >= 11 is 6.05. The van der Waals surface area contributed by atoms with Crippen LogP contribution in [0.2, 0.25) is 5.02 Å². The topological polar surface area (TPSA) is 130 Å². The molecule has 3 rings (SSSR count). The van der Waals surface area contributed by atoms with Gasteiger partial charge in [-0.25, -0.2) is 9.97 Å². The first kappa shape index (κ1) is 15.2. The second kappa shape index (κ2) is 5.51. The zero-order chi connectivity index (χ0) is 16.6. The van der Waals surface area contributed by atoms with Gasteiger partial charge in [-0.1, -0.05) is 11.6 Å². The third-order valence-electron chi connectivity index (χ3n) is 3.52. The molecule has 2 aromatic heterocycles. The fourth-order valence-electron chi connectivity index (χ4n) is 2.47. The number of hydrogen-bond donors (Lipinski definition) is 3. The van der Waals surface area contributed by atoms with Crippen LogP contribution in [-0.4, -0.2) is 50.6 Å². The van der Waals surface area contributed by atoms with Gasteiger partial charge in [0, 0.05) is 19.2 Å². The standard InChI is InChI=1S/C13H14ClN7O2/c1-13(4-21(5-13)11-7(14)3-16-6-17-11)18-12(23)9-2-8(10(15)22)19-20-9/h2-3,6H,4-5H2,1H3,(H2,15,22)(H,18,23)(H,19,20). The highest BCUT2D eigenvalue weighted by atomic mass is 35.5. The van der Waals surface area contributed by atoms with Crippen molar-refractivity contribution in [3.05, 3.63) is 35.0 Å². The maximum atomic E-state index is 12.2. The first-order chi connectivity index (χ1) is 10.9. The van der Waals surface area contributed by atoms with Crippen molar-refractivity contribution in [2.24, 2.45) is 5.73 Å². The van der Waals surface area contributed by atoms with Crippen LogP contribution in [0.3, 0.4) is 0 Å². The molecule has 3 heterocycles. The van der Waals surface area contributed by atoms with Gasteiger partial charge in [0.05, 0.1) is 11.7 Å². The highest BCUT2D eigenvalue weighted by Gasteiger charge is 2.41. The van der Waals surface area contributed by atoms with Gasteiger partial charge in [0.25, 0.3) is 11.8 Å². The second-order valence-corrected chi connectivity index (χ2v) is 6.00. The summed E-state index contributed by atoms with van der Waals surface area (Å²) < 4.78 is 0. The molecular formula is C13H14ClN7O2. The lowest BCUT2D eigenvalue weighted by Crippen LogP contribution is -2.69. The molecule has 120 valence electrons. The van der Waals surface area contributed by atoms with Gasteiger partial charge in [0.1, 0.15) is 17.0 Å². The van der Waals surface area contributed by atoms with Crippen LogP contribution < -0.4 is 16.0 Å². The van der Waals surface area contributed by atoms with E-state index in [1.807, 2.05) is 11.8 Å². The molecule has 0 unspecified atom stereocenters. The zero-order valence-corrected chi connectivity index (χ0v) is 13.0. The number of carbonyl (C=O) groups excluding carboxylic acids is 2. The van der Waals surface area contributed by atoms with Crippen molar-refractivity contribution in [3.63, 3.8) is 0 Å². The summed E-state index contributed by atoms with van der Waals surface area (Å²) in [6.07, 6.45) is 2.94. The molecule has 0 aromatic carbocycles. The highest BCUT2D eigenvalue weighted by molar-refractivity contribution is 6.32. The van der Waals surface area contributed by atoms with Gasteiger partial charge in [0.2, 0.25) is 0 Å². The number of aromatic amines is 1. The Morgan fingerprint density at radius 2 is 2.22 bits per heavy atom. The molecule has 0 radical (unpaired) electrons. The van der Waals surface area contributed by atoms with Crippen LogP contribution in [0, 0.1) is 0 Å². The number of hydrogen-bond acceptors (Lipinski definition) is 6.